The van der Waals surface area contributed by atoms with E-state index in [0.29, 0.717) is 12.1 Å². The van der Waals surface area contributed by atoms with E-state index in [1.807, 2.05) is 30.7 Å². The van der Waals surface area contributed by atoms with Crippen LogP contribution >= 0.6 is 11.8 Å². The summed E-state index contributed by atoms with van der Waals surface area (Å²) in [7, 11) is 0. The molecule has 2 aromatic rings. The van der Waals surface area contributed by atoms with Gasteiger partial charge in [-0.2, -0.15) is 5.10 Å². The predicted octanol–water partition coefficient (Wildman–Crippen LogP) is 2.76. The summed E-state index contributed by atoms with van der Waals surface area (Å²) in [6, 6.07) is 9.07. The van der Waals surface area contributed by atoms with Crippen LogP contribution < -0.4 is 5.32 Å². The summed E-state index contributed by atoms with van der Waals surface area (Å²) in [5.41, 5.74) is 3.36. The first-order chi connectivity index (χ1) is 13.3. The van der Waals surface area contributed by atoms with Crippen LogP contribution in [0.25, 0.3) is 0 Å². The maximum absolute atomic E-state index is 12.5. The van der Waals surface area contributed by atoms with Crippen molar-refractivity contribution in [2.45, 2.75) is 33.9 Å². The third-order valence-electron chi connectivity index (χ3n) is 4.57. The van der Waals surface area contributed by atoms with Crippen LogP contribution in [0.15, 0.2) is 30.3 Å². The van der Waals surface area contributed by atoms with Crippen molar-refractivity contribution in [1.29, 1.82) is 0 Å². The number of carbonyl (C=O) groups excluding carboxylic acids is 3. The second-order valence-electron chi connectivity index (χ2n) is 7.16. The number of carbonyl (C=O) groups is 3. The van der Waals surface area contributed by atoms with Crippen molar-refractivity contribution in [2.24, 2.45) is 5.92 Å². The number of imide groups is 1. The molecular formula is C20H24N4O3S. The van der Waals surface area contributed by atoms with Gasteiger partial charge >= 0.3 is 0 Å². The minimum absolute atomic E-state index is 0.171. The molecular weight excluding hydrogens is 376 g/mol. The van der Waals surface area contributed by atoms with Crippen molar-refractivity contribution in [2.75, 3.05) is 12.3 Å². The van der Waals surface area contributed by atoms with E-state index in [9.17, 15) is 14.4 Å². The third kappa shape index (κ3) is 4.81. The van der Waals surface area contributed by atoms with Crippen LogP contribution in [0.2, 0.25) is 0 Å². The van der Waals surface area contributed by atoms with Gasteiger partial charge in [-0.1, -0.05) is 30.8 Å². The Labute approximate surface area is 168 Å². The molecule has 1 saturated heterocycles. The summed E-state index contributed by atoms with van der Waals surface area (Å²) in [5.74, 6) is 0.0481. The lowest BCUT2D eigenvalue weighted by Gasteiger charge is -2.15. The fourth-order valence-corrected chi connectivity index (χ4v) is 3.84. The summed E-state index contributed by atoms with van der Waals surface area (Å²) in [6.07, 6.45) is 0. The number of aromatic nitrogens is 2. The number of benzene rings is 1. The Balaban J connectivity index is 1.56. The zero-order valence-corrected chi connectivity index (χ0v) is 17.1. The largest absolute Gasteiger partial charge is 0.352 e. The molecule has 1 unspecified atom stereocenters. The molecule has 148 valence electrons. The monoisotopic (exact) mass is 400 g/mol. The van der Waals surface area contributed by atoms with Gasteiger partial charge in [-0.25, -0.2) is 0 Å². The van der Waals surface area contributed by atoms with Crippen molar-refractivity contribution >= 4 is 28.8 Å². The highest BCUT2D eigenvalue weighted by Gasteiger charge is 2.29. The summed E-state index contributed by atoms with van der Waals surface area (Å²) in [4.78, 5) is 37.2. The molecule has 0 aliphatic carbocycles. The molecule has 0 saturated carbocycles. The van der Waals surface area contributed by atoms with Gasteiger partial charge in [-0.15, -0.1) is 0 Å². The third-order valence-corrected chi connectivity index (χ3v) is 5.43. The minimum atomic E-state index is -0.238. The number of hydrogen-bond donors (Lipinski definition) is 1. The van der Waals surface area contributed by atoms with E-state index in [1.165, 1.54) is 4.90 Å². The standard InChI is InChI=1S/C20H24N4O3S/c1-13(10-24-15(3)7-14(2)22-24)9-21-19(26)17-6-4-5-16(8-17)11-23-18(25)12-28-20(23)27/h4-8,13H,9-12H2,1-3H3,(H,21,26). The van der Waals surface area contributed by atoms with E-state index >= 15 is 0 Å². The van der Waals surface area contributed by atoms with E-state index in [1.54, 1.807) is 18.2 Å². The molecule has 8 heteroatoms. The van der Waals surface area contributed by atoms with Gasteiger partial charge in [-0.3, -0.25) is 24.0 Å². The average molecular weight is 401 g/mol. The van der Waals surface area contributed by atoms with Crippen LogP contribution in [-0.4, -0.2) is 44.0 Å². The zero-order valence-electron chi connectivity index (χ0n) is 16.3. The molecule has 1 atom stereocenters. The van der Waals surface area contributed by atoms with Gasteiger partial charge in [-0.05, 0) is 43.5 Å². The Hall–Kier alpha value is -2.61. The fraction of sp³-hybridized carbons (Fsp3) is 0.400. The molecule has 3 rings (SSSR count). The second-order valence-corrected chi connectivity index (χ2v) is 8.09. The van der Waals surface area contributed by atoms with E-state index in [0.717, 1.165) is 35.3 Å². The van der Waals surface area contributed by atoms with Crippen LogP contribution in [0.4, 0.5) is 4.79 Å². The van der Waals surface area contributed by atoms with Crippen LogP contribution in [0.1, 0.15) is 34.2 Å². The van der Waals surface area contributed by atoms with Gasteiger partial charge in [0.15, 0.2) is 0 Å². The second kappa shape index (κ2) is 8.60. The molecule has 0 radical (unpaired) electrons. The first-order valence-electron chi connectivity index (χ1n) is 9.19. The number of nitrogens with zero attached hydrogens (tertiary/aromatic N) is 3. The lowest BCUT2D eigenvalue weighted by atomic mass is 10.1. The fourth-order valence-electron chi connectivity index (χ4n) is 3.12. The predicted molar refractivity (Wildman–Crippen MR) is 108 cm³/mol. The van der Waals surface area contributed by atoms with E-state index in [4.69, 9.17) is 0 Å². The van der Waals surface area contributed by atoms with Crippen molar-refractivity contribution < 1.29 is 14.4 Å². The summed E-state index contributed by atoms with van der Waals surface area (Å²) in [5, 5.41) is 7.16. The number of rotatable bonds is 7. The number of amides is 3. The van der Waals surface area contributed by atoms with Crippen LogP contribution in [0.5, 0.6) is 0 Å². The number of hydrogen-bond acceptors (Lipinski definition) is 5. The highest BCUT2D eigenvalue weighted by molar-refractivity contribution is 8.14. The smallest absolute Gasteiger partial charge is 0.289 e. The van der Waals surface area contributed by atoms with Gasteiger partial charge in [0.1, 0.15) is 0 Å². The Bertz CT molecular complexity index is 893. The van der Waals surface area contributed by atoms with Crippen molar-refractivity contribution in [1.82, 2.24) is 20.0 Å². The molecule has 1 aliphatic heterocycles. The molecule has 0 bridgehead atoms. The number of thioether (sulfide) groups is 1. The Morgan fingerprint density at radius 3 is 2.71 bits per heavy atom. The molecule has 2 heterocycles. The van der Waals surface area contributed by atoms with E-state index in [2.05, 4.69) is 17.3 Å². The minimum Gasteiger partial charge on any atom is -0.352 e. The topological polar surface area (TPSA) is 84.3 Å². The Kier molecular flexibility index (Phi) is 6.18. The zero-order chi connectivity index (χ0) is 20.3. The lowest BCUT2D eigenvalue weighted by Crippen LogP contribution is -2.31. The van der Waals surface area contributed by atoms with Gasteiger partial charge < -0.3 is 5.32 Å². The summed E-state index contributed by atoms with van der Waals surface area (Å²) < 4.78 is 1.95. The summed E-state index contributed by atoms with van der Waals surface area (Å²) in [6.45, 7) is 7.50. The quantitative estimate of drug-likeness (QED) is 0.773. The molecule has 28 heavy (non-hydrogen) atoms. The van der Waals surface area contributed by atoms with Crippen molar-refractivity contribution in [3.8, 4) is 0 Å². The van der Waals surface area contributed by atoms with Crippen LogP contribution in [0.3, 0.4) is 0 Å². The molecule has 1 aliphatic rings. The molecule has 3 amide bonds. The Morgan fingerprint density at radius 1 is 1.29 bits per heavy atom. The highest BCUT2D eigenvalue weighted by atomic mass is 32.2. The van der Waals surface area contributed by atoms with E-state index < -0.39 is 0 Å². The normalized spacial score (nSPS) is 15.2. The average Bonchev–Trinajstić information content (AvgIpc) is 3.14. The summed E-state index contributed by atoms with van der Waals surface area (Å²) >= 11 is 1.01. The molecule has 1 fully saturated rings. The highest BCUT2D eigenvalue weighted by Crippen LogP contribution is 2.21. The first-order valence-corrected chi connectivity index (χ1v) is 10.2. The molecule has 0 spiro atoms. The molecule has 1 N–H and O–H groups in total. The van der Waals surface area contributed by atoms with Crippen molar-refractivity contribution in [3.05, 3.63) is 52.8 Å². The van der Waals surface area contributed by atoms with Crippen LogP contribution in [0, 0.1) is 19.8 Å². The van der Waals surface area contributed by atoms with Gasteiger partial charge in [0.05, 0.1) is 18.0 Å². The van der Waals surface area contributed by atoms with Gasteiger partial charge in [0.25, 0.3) is 11.1 Å². The van der Waals surface area contributed by atoms with Crippen molar-refractivity contribution in [3.63, 3.8) is 0 Å². The van der Waals surface area contributed by atoms with E-state index in [-0.39, 0.29) is 35.3 Å². The maximum atomic E-state index is 12.5. The Morgan fingerprint density at radius 2 is 2.07 bits per heavy atom. The SMILES string of the molecule is Cc1cc(C)n(CC(C)CNC(=O)c2cccc(CN3C(=O)CSC3=O)c2)n1. The maximum Gasteiger partial charge on any atom is 0.289 e. The molecule has 1 aromatic carbocycles. The van der Waals surface area contributed by atoms with Gasteiger partial charge in [0, 0.05) is 24.3 Å². The number of nitrogens with one attached hydrogen (secondary N) is 1. The van der Waals surface area contributed by atoms with Gasteiger partial charge in [0.2, 0.25) is 5.91 Å². The number of aryl methyl sites for hydroxylation is 2. The molecule has 1 aromatic heterocycles. The lowest BCUT2D eigenvalue weighted by molar-refractivity contribution is -0.125. The molecule has 7 nitrogen and oxygen atoms in total. The first kappa shape index (κ1) is 20.1. The van der Waals surface area contributed by atoms with Crippen LogP contribution in [-0.2, 0) is 17.9 Å².